The molecule has 13 heavy (non-hydrogen) atoms. The molecule has 0 aliphatic rings. The van der Waals surface area contributed by atoms with Gasteiger partial charge >= 0.3 is 0 Å². The minimum Gasteiger partial charge on any atom is -0.392 e. The maximum Gasteiger partial charge on any atom is 0.230 e. The summed E-state index contributed by atoms with van der Waals surface area (Å²) in [4.78, 5) is 11.1. The molecule has 1 atom stereocenters. The van der Waals surface area contributed by atoms with E-state index in [0.29, 0.717) is 12.3 Å². The van der Waals surface area contributed by atoms with Crippen LogP contribution in [0.5, 0.6) is 0 Å². The Kier molecular flexibility index (Phi) is 8.24. The molecule has 2 N–H and O–H groups in total. The van der Waals surface area contributed by atoms with Crippen molar-refractivity contribution in [1.82, 2.24) is 5.32 Å². The van der Waals surface area contributed by atoms with E-state index in [1.54, 1.807) is 18.7 Å². The molecule has 0 spiro atoms. The highest BCUT2D eigenvalue weighted by molar-refractivity contribution is 7.99. The van der Waals surface area contributed by atoms with Gasteiger partial charge in [-0.3, -0.25) is 4.79 Å². The third-order valence-electron chi connectivity index (χ3n) is 1.47. The van der Waals surface area contributed by atoms with E-state index in [1.165, 1.54) is 6.42 Å². The van der Waals surface area contributed by atoms with Crippen molar-refractivity contribution in [2.45, 2.75) is 32.8 Å². The summed E-state index contributed by atoms with van der Waals surface area (Å²) in [6.07, 6.45) is 1.88. The lowest BCUT2D eigenvalue weighted by molar-refractivity contribution is -0.118. The van der Waals surface area contributed by atoms with E-state index in [0.717, 1.165) is 12.2 Å². The zero-order valence-electron chi connectivity index (χ0n) is 8.38. The van der Waals surface area contributed by atoms with E-state index < -0.39 is 6.10 Å². The first-order valence-corrected chi connectivity index (χ1v) is 5.84. The van der Waals surface area contributed by atoms with Crippen LogP contribution in [0.15, 0.2) is 0 Å². The Morgan fingerprint density at radius 1 is 1.62 bits per heavy atom. The van der Waals surface area contributed by atoms with E-state index in [2.05, 4.69) is 12.2 Å². The summed E-state index contributed by atoms with van der Waals surface area (Å²) in [6.45, 7) is 4.14. The lowest BCUT2D eigenvalue weighted by Gasteiger charge is -2.06. The number of aliphatic hydroxyl groups is 1. The Morgan fingerprint density at radius 2 is 2.31 bits per heavy atom. The number of amides is 1. The molecular formula is C9H19NO2S. The highest BCUT2D eigenvalue weighted by Gasteiger charge is 2.01. The quantitative estimate of drug-likeness (QED) is 0.610. The fraction of sp³-hybridized carbons (Fsp3) is 0.889. The van der Waals surface area contributed by atoms with Crippen molar-refractivity contribution in [2.24, 2.45) is 0 Å². The smallest absolute Gasteiger partial charge is 0.230 e. The number of rotatable bonds is 7. The molecular weight excluding hydrogens is 186 g/mol. The molecule has 78 valence electrons. The van der Waals surface area contributed by atoms with E-state index in [4.69, 9.17) is 5.11 Å². The van der Waals surface area contributed by atoms with Crippen LogP contribution in [0.1, 0.15) is 26.7 Å². The molecule has 0 bridgehead atoms. The first-order valence-electron chi connectivity index (χ1n) is 4.69. The molecule has 0 aromatic carbocycles. The second kappa shape index (κ2) is 8.38. The predicted octanol–water partition coefficient (Wildman–Crippen LogP) is 1.02. The fourth-order valence-corrected chi connectivity index (χ4v) is 1.65. The predicted molar refractivity (Wildman–Crippen MR) is 56.9 cm³/mol. The van der Waals surface area contributed by atoms with Crippen LogP contribution < -0.4 is 5.32 Å². The summed E-state index contributed by atoms with van der Waals surface area (Å²) in [5.74, 6) is 1.56. The number of carbonyl (C=O) groups excluding carboxylic acids is 1. The Hall–Kier alpha value is -0.220. The third kappa shape index (κ3) is 9.70. The van der Waals surface area contributed by atoms with Crippen molar-refractivity contribution in [2.75, 3.05) is 18.1 Å². The minimum atomic E-state index is -0.454. The zero-order valence-corrected chi connectivity index (χ0v) is 9.19. The maximum absolute atomic E-state index is 11.1. The maximum atomic E-state index is 11.1. The van der Waals surface area contributed by atoms with Gasteiger partial charge in [-0.05, 0) is 19.1 Å². The molecule has 1 unspecified atom stereocenters. The summed E-state index contributed by atoms with van der Waals surface area (Å²) < 4.78 is 0. The number of thioether (sulfide) groups is 1. The molecule has 0 fully saturated rings. The second-order valence-electron chi connectivity index (χ2n) is 3.06. The molecule has 0 aliphatic heterocycles. The summed E-state index contributed by atoms with van der Waals surface area (Å²) in [5.41, 5.74) is 0. The van der Waals surface area contributed by atoms with E-state index in [-0.39, 0.29) is 5.91 Å². The van der Waals surface area contributed by atoms with Crippen LogP contribution in [-0.4, -0.2) is 35.2 Å². The Balaban J connectivity index is 3.20. The molecule has 0 rings (SSSR count). The molecule has 1 amide bonds. The first-order chi connectivity index (χ1) is 6.16. The van der Waals surface area contributed by atoms with Crippen molar-refractivity contribution in [3.05, 3.63) is 0 Å². The lowest BCUT2D eigenvalue weighted by Crippen LogP contribution is -2.31. The molecule has 0 heterocycles. The summed E-state index contributed by atoms with van der Waals surface area (Å²) in [5, 5.41) is 11.5. The number of nitrogens with one attached hydrogen (secondary N) is 1. The average molecular weight is 205 g/mol. The van der Waals surface area contributed by atoms with Gasteiger partial charge in [-0.2, -0.15) is 11.8 Å². The van der Waals surface area contributed by atoms with Crippen LogP contribution in [0.3, 0.4) is 0 Å². The lowest BCUT2D eigenvalue weighted by atomic mass is 10.4. The SMILES string of the molecule is CCCCSCC(=O)NCC(C)O. The summed E-state index contributed by atoms with van der Waals surface area (Å²) >= 11 is 1.64. The van der Waals surface area contributed by atoms with Gasteiger partial charge in [0.05, 0.1) is 11.9 Å². The summed E-state index contributed by atoms with van der Waals surface area (Å²) in [6, 6.07) is 0. The van der Waals surface area contributed by atoms with Gasteiger partial charge < -0.3 is 10.4 Å². The third-order valence-corrected chi connectivity index (χ3v) is 2.51. The first kappa shape index (κ1) is 12.8. The molecule has 0 saturated heterocycles. The van der Waals surface area contributed by atoms with Crippen LogP contribution in [0.2, 0.25) is 0 Å². The molecule has 0 aromatic heterocycles. The Labute approximate surface area is 84.3 Å². The Morgan fingerprint density at radius 3 is 2.85 bits per heavy atom. The molecule has 0 radical (unpaired) electrons. The van der Waals surface area contributed by atoms with Crippen molar-refractivity contribution >= 4 is 17.7 Å². The second-order valence-corrected chi connectivity index (χ2v) is 4.16. The van der Waals surface area contributed by atoms with Crippen LogP contribution >= 0.6 is 11.8 Å². The standard InChI is InChI=1S/C9H19NO2S/c1-3-4-5-13-7-9(12)10-6-8(2)11/h8,11H,3-7H2,1-2H3,(H,10,12). The van der Waals surface area contributed by atoms with E-state index in [9.17, 15) is 4.79 Å². The van der Waals surface area contributed by atoms with Crippen LogP contribution in [-0.2, 0) is 4.79 Å². The molecule has 4 heteroatoms. The van der Waals surface area contributed by atoms with Gasteiger partial charge in [-0.1, -0.05) is 13.3 Å². The number of hydrogen-bond acceptors (Lipinski definition) is 3. The van der Waals surface area contributed by atoms with Gasteiger partial charge in [0.1, 0.15) is 0 Å². The highest BCUT2D eigenvalue weighted by Crippen LogP contribution is 2.03. The van der Waals surface area contributed by atoms with Gasteiger partial charge in [-0.25, -0.2) is 0 Å². The van der Waals surface area contributed by atoms with Crippen LogP contribution in [0, 0.1) is 0 Å². The average Bonchev–Trinajstić information content (AvgIpc) is 2.09. The molecule has 3 nitrogen and oxygen atoms in total. The van der Waals surface area contributed by atoms with E-state index in [1.807, 2.05) is 0 Å². The van der Waals surface area contributed by atoms with E-state index >= 15 is 0 Å². The van der Waals surface area contributed by atoms with Gasteiger partial charge in [0, 0.05) is 6.54 Å². The van der Waals surface area contributed by atoms with Crippen molar-refractivity contribution < 1.29 is 9.90 Å². The molecule has 0 aromatic rings. The normalized spacial score (nSPS) is 12.5. The topological polar surface area (TPSA) is 49.3 Å². The van der Waals surface area contributed by atoms with Crippen molar-refractivity contribution in [3.63, 3.8) is 0 Å². The molecule has 0 aliphatic carbocycles. The minimum absolute atomic E-state index is 0.0157. The Bertz CT molecular complexity index is 140. The number of carbonyl (C=O) groups is 1. The highest BCUT2D eigenvalue weighted by atomic mass is 32.2. The van der Waals surface area contributed by atoms with Crippen molar-refractivity contribution in [3.8, 4) is 0 Å². The summed E-state index contributed by atoms with van der Waals surface area (Å²) in [7, 11) is 0. The zero-order chi connectivity index (χ0) is 10.1. The van der Waals surface area contributed by atoms with Gasteiger partial charge in [0.15, 0.2) is 0 Å². The molecule has 0 saturated carbocycles. The van der Waals surface area contributed by atoms with Gasteiger partial charge in [0.2, 0.25) is 5.91 Å². The van der Waals surface area contributed by atoms with Crippen molar-refractivity contribution in [1.29, 1.82) is 0 Å². The largest absolute Gasteiger partial charge is 0.392 e. The van der Waals surface area contributed by atoms with Gasteiger partial charge in [0.25, 0.3) is 0 Å². The monoisotopic (exact) mass is 205 g/mol. The van der Waals surface area contributed by atoms with Crippen LogP contribution in [0.25, 0.3) is 0 Å². The number of unbranched alkanes of at least 4 members (excludes halogenated alkanes) is 1. The van der Waals surface area contributed by atoms with Gasteiger partial charge in [-0.15, -0.1) is 0 Å². The fourth-order valence-electron chi connectivity index (χ4n) is 0.724. The van der Waals surface area contributed by atoms with Crippen LogP contribution in [0.4, 0.5) is 0 Å². The number of aliphatic hydroxyl groups excluding tert-OH is 1. The number of hydrogen-bond donors (Lipinski definition) is 2.